The van der Waals surface area contributed by atoms with Crippen LogP contribution < -0.4 is 11.2 Å². The van der Waals surface area contributed by atoms with Crippen molar-refractivity contribution in [1.82, 2.24) is 4.90 Å². The Morgan fingerprint density at radius 3 is 2.64 bits per heavy atom. The normalized spacial score (nSPS) is 13.9. The van der Waals surface area contributed by atoms with E-state index in [4.69, 9.17) is 5.73 Å². The Morgan fingerprint density at radius 1 is 1.12 bits per heavy atom. The van der Waals surface area contributed by atoms with Crippen LogP contribution in [0.2, 0.25) is 0 Å². The summed E-state index contributed by atoms with van der Waals surface area (Å²) in [4.78, 5) is 39.6. The third-order valence-corrected chi connectivity index (χ3v) is 5.74. The molecule has 1 aliphatic heterocycles. The Labute approximate surface area is 147 Å². The number of unbranched alkanes of at least 4 members (excludes halogenated alkanes) is 1. The number of carbonyl (C=O) groups is 2. The van der Waals surface area contributed by atoms with Crippen LogP contribution in [0.15, 0.2) is 35.1 Å². The highest BCUT2D eigenvalue weighted by atomic mass is 32.1. The number of fused-ring (bicyclic) bond motifs is 4. The average Bonchev–Trinajstić information content (AvgIpc) is 2.84. The molecule has 25 heavy (non-hydrogen) atoms. The van der Waals surface area contributed by atoms with Crippen LogP contribution >= 0.6 is 11.3 Å². The SMILES string of the molecule is CCCCN1C(=O)c2cc(N)c3c(=O)c4ccccc4sc3c2C1=O. The Bertz CT molecular complexity index is 1120. The predicted octanol–water partition coefficient (Wildman–Crippen LogP) is 3.39. The lowest BCUT2D eigenvalue weighted by Gasteiger charge is -2.12. The minimum absolute atomic E-state index is 0.197. The number of benzene rings is 2. The monoisotopic (exact) mass is 352 g/mol. The van der Waals surface area contributed by atoms with E-state index in [0.717, 1.165) is 17.5 Å². The summed E-state index contributed by atoms with van der Waals surface area (Å²) < 4.78 is 1.29. The Hall–Kier alpha value is -2.73. The smallest absolute Gasteiger partial charge is 0.263 e. The van der Waals surface area contributed by atoms with E-state index in [0.29, 0.717) is 33.1 Å². The second kappa shape index (κ2) is 5.67. The Balaban J connectivity index is 2.07. The van der Waals surface area contributed by atoms with Crippen molar-refractivity contribution >= 4 is 49.0 Å². The summed E-state index contributed by atoms with van der Waals surface area (Å²) in [5.41, 5.74) is 6.77. The topological polar surface area (TPSA) is 80.5 Å². The van der Waals surface area contributed by atoms with E-state index in [1.807, 2.05) is 19.1 Å². The van der Waals surface area contributed by atoms with Gasteiger partial charge in [0.05, 0.1) is 21.2 Å². The summed E-state index contributed by atoms with van der Waals surface area (Å²) in [6, 6.07) is 8.71. The number of hydrogen-bond acceptors (Lipinski definition) is 5. The molecule has 0 saturated heterocycles. The lowest BCUT2D eigenvalue weighted by atomic mass is 10.0. The van der Waals surface area contributed by atoms with Crippen molar-refractivity contribution in [3.05, 3.63) is 51.7 Å². The molecule has 0 aliphatic carbocycles. The van der Waals surface area contributed by atoms with Gasteiger partial charge in [-0.2, -0.15) is 0 Å². The molecule has 0 unspecified atom stereocenters. The summed E-state index contributed by atoms with van der Waals surface area (Å²) in [5, 5.41) is 0.909. The Kier molecular flexibility index (Phi) is 3.58. The molecule has 2 aromatic carbocycles. The molecule has 4 rings (SSSR count). The van der Waals surface area contributed by atoms with Gasteiger partial charge in [-0.1, -0.05) is 25.5 Å². The number of nitrogens with two attached hydrogens (primary N) is 1. The maximum atomic E-state index is 12.9. The van der Waals surface area contributed by atoms with Gasteiger partial charge in [-0.05, 0) is 24.6 Å². The highest BCUT2D eigenvalue weighted by Gasteiger charge is 2.38. The summed E-state index contributed by atoms with van der Waals surface area (Å²) in [6.45, 7) is 2.39. The minimum Gasteiger partial charge on any atom is -0.398 e. The molecule has 0 atom stereocenters. The molecule has 3 aromatic rings. The van der Waals surface area contributed by atoms with Gasteiger partial charge in [0.25, 0.3) is 11.8 Å². The number of rotatable bonds is 3. The fourth-order valence-electron chi connectivity index (χ4n) is 3.28. The maximum absolute atomic E-state index is 12.9. The average molecular weight is 352 g/mol. The lowest BCUT2D eigenvalue weighted by molar-refractivity contribution is 0.0653. The molecule has 126 valence electrons. The molecule has 0 bridgehead atoms. The molecule has 0 spiro atoms. The highest BCUT2D eigenvalue weighted by molar-refractivity contribution is 7.25. The van der Waals surface area contributed by atoms with Crippen molar-refractivity contribution < 1.29 is 9.59 Å². The van der Waals surface area contributed by atoms with Gasteiger partial charge in [0, 0.05) is 22.3 Å². The molecule has 2 amide bonds. The van der Waals surface area contributed by atoms with E-state index in [1.54, 1.807) is 12.1 Å². The zero-order valence-corrected chi connectivity index (χ0v) is 14.5. The first kappa shape index (κ1) is 15.8. The van der Waals surface area contributed by atoms with Crippen LogP contribution in [0.1, 0.15) is 40.5 Å². The van der Waals surface area contributed by atoms with Crippen LogP contribution in [-0.2, 0) is 0 Å². The molecule has 5 nitrogen and oxygen atoms in total. The van der Waals surface area contributed by atoms with E-state index in [1.165, 1.54) is 22.3 Å². The molecule has 0 fully saturated rings. The van der Waals surface area contributed by atoms with Gasteiger partial charge in [0.2, 0.25) is 0 Å². The van der Waals surface area contributed by atoms with Gasteiger partial charge in [0.15, 0.2) is 5.43 Å². The summed E-state index contributed by atoms with van der Waals surface area (Å²) in [7, 11) is 0. The first-order valence-electron chi connectivity index (χ1n) is 8.18. The standard InChI is InChI=1S/C19H16N2O3S/c1-2-3-8-21-18(23)11-9-12(20)15-16(22)10-6-4-5-7-13(10)25-17(15)14(11)19(21)24/h4-7,9H,2-3,8,20H2,1H3. The number of imide groups is 1. The minimum atomic E-state index is -0.329. The number of anilines is 1. The fourth-order valence-corrected chi connectivity index (χ4v) is 4.52. The molecule has 0 radical (unpaired) electrons. The third-order valence-electron chi connectivity index (χ3n) is 4.55. The first-order valence-corrected chi connectivity index (χ1v) is 9.00. The van der Waals surface area contributed by atoms with Gasteiger partial charge in [-0.15, -0.1) is 11.3 Å². The largest absolute Gasteiger partial charge is 0.398 e. The van der Waals surface area contributed by atoms with Crippen molar-refractivity contribution in [2.75, 3.05) is 12.3 Å². The third kappa shape index (κ3) is 2.17. The van der Waals surface area contributed by atoms with Crippen LogP contribution in [-0.4, -0.2) is 23.3 Å². The van der Waals surface area contributed by atoms with Crippen LogP contribution in [0.4, 0.5) is 5.69 Å². The van der Waals surface area contributed by atoms with Crippen molar-refractivity contribution in [1.29, 1.82) is 0 Å². The molecule has 1 aromatic heterocycles. The number of amides is 2. The molecule has 0 saturated carbocycles. The number of nitrogens with zero attached hydrogens (tertiary/aromatic N) is 1. The molecular formula is C19H16N2O3S. The van der Waals surface area contributed by atoms with E-state index in [9.17, 15) is 14.4 Å². The molecule has 2 heterocycles. The summed E-state index contributed by atoms with van der Waals surface area (Å²) in [5.74, 6) is -0.653. The highest BCUT2D eigenvalue weighted by Crippen LogP contribution is 2.37. The zero-order valence-electron chi connectivity index (χ0n) is 13.7. The second-order valence-electron chi connectivity index (χ2n) is 6.14. The van der Waals surface area contributed by atoms with Crippen LogP contribution in [0.5, 0.6) is 0 Å². The van der Waals surface area contributed by atoms with Crippen molar-refractivity contribution in [3.63, 3.8) is 0 Å². The van der Waals surface area contributed by atoms with Crippen LogP contribution in [0.25, 0.3) is 20.2 Å². The van der Waals surface area contributed by atoms with Crippen LogP contribution in [0, 0.1) is 0 Å². The lowest BCUT2D eigenvalue weighted by Crippen LogP contribution is -2.30. The van der Waals surface area contributed by atoms with E-state index in [-0.39, 0.29) is 22.9 Å². The zero-order chi connectivity index (χ0) is 17.7. The van der Waals surface area contributed by atoms with E-state index >= 15 is 0 Å². The van der Waals surface area contributed by atoms with Crippen molar-refractivity contribution in [2.24, 2.45) is 0 Å². The summed E-state index contributed by atoms with van der Waals surface area (Å²) >= 11 is 1.34. The van der Waals surface area contributed by atoms with Gasteiger partial charge in [0.1, 0.15) is 0 Å². The maximum Gasteiger partial charge on any atom is 0.263 e. The van der Waals surface area contributed by atoms with Gasteiger partial charge >= 0.3 is 0 Å². The summed E-state index contributed by atoms with van der Waals surface area (Å²) in [6.07, 6.45) is 1.63. The van der Waals surface area contributed by atoms with Gasteiger partial charge in [-0.25, -0.2) is 0 Å². The van der Waals surface area contributed by atoms with Crippen LogP contribution in [0.3, 0.4) is 0 Å². The quantitative estimate of drug-likeness (QED) is 0.445. The number of hydrogen-bond donors (Lipinski definition) is 1. The van der Waals surface area contributed by atoms with E-state index in [2.05, 4.69) is 0 Å². The molecule has 1 aliphatic rings. The predicted molar refractivity (Wildman–Crippen MR) is 100 cm³/mol. The van der Waals surface area contributed by atoms with Crippen molar-refractivity contribution in [2.45, 2.75) is 19.8 Å². The van der Waals surface area contributed by atoms with Gasteiger partial charge in [-0.3, -0.25) is 19.3 Å². The van der Waals surface area contributed by atoms with E-state index < -0.39 is 0 Å². The molecule has 2 N–H and O–H groups in total. The van der Waals surface area contributed by atoms with Gasteiger partial charge < -0.3 is 5.73 Å². The number of nitrogen functional groups attached to an aromatic ring is 1. The van der Waals surface area contributed by atoms with Crippen molar-refractivity contribution in [3.8, 4) is 0 Å². The Morgan fingerprint density at radius 2 is 1.88 bits per heavy atom. The molecular weight excluding hydrogens is 336 g/mol. The number of carbonyl (C=O) groups excluding carboxylic acids is 2. The first-order chi connectivity index (χ1) is 12.0. The fraction of sp³-hybridized carbons (Fsp3) is 0.211. The molecule has 6 heteroatoms. The second-order valence-corrected chi connectivity index (χ2v) is 7.19.